The Balaban J connectivity index is 2.48. The molecule has 0 unspecified atom stereocenters. The Hall–Kier alpha value is -0.370. The van der Waals surface area contributed by atoms with Gasteiger partial charge in [0, 0.05) is 15.9 Å². The van der Waals surface area contributed by atoms with Gasteiger partial charge in [-0.05, 0) is 55.6 Å². The summed E-state index contributed by atoms with van der Waals surface area (Å²) in [6.07, 6.45) is 5.07. The second-order valence-electron chi connectivity index (χ2n) is 5.51. The Kier molecular flexibility index (Phi) is 3.92. The highest BCUT2D eigenvalue weighted by Gasteiger charge is 2.26. The Labute approximate surface area is 113 Å². The Morgan fingerprint density at radius 2 is 2.00 bits per heavy atom. The molecule has 1 nitrogen and oxygen atoms in total. The van der Waals surface area contributed by atoms with Gasteiger partial charge >= 0.3 is 0 Å². The van der Waals surface area contributed by atoms with Crippen LogP contribution in [0.3, 0.4) is 0 Å². The van der Waals surface area contributed by atoms with Crippen molar-refractivity contribution in [2.75, 3.05) is 0 Å². The maximum absolute atomic E-state index is 4.82. The van der Waals surface area contributed by atoms with Crippen molar-refractivity contribution in [3.8, 4) is 0 Å². The van der Waals surface area contributed by atoms with E-state index in [1.54, 1.807) is 0 Å². The van der Waals surface area contributed by atoms with E-state index in [1.165, 1.54) is 46.2 Å². The fourth-order valence-electron chi connectivity index (χ4n) is 2.56. The van der Waals surface area contributed by atoms with Gasteiger partial charge in [-0.15, -0.1) is 0 Å². The highest BCUT2D eigenvalue weighted by Crippen LogP contribution is 2.38. The molecule has 0 amide bonds. The maximum atomic E-state index is 4.82. The third kappa shape index (κ3) is 2.73. The zero-order valence-corrected chi connectivity index (χ0v) is 12.9. The van der Waals surface area contributed by atoms with E-state index >= 15 is 0 Å². The van der Waals surface area contributed by atoms with Gasteiger partial charge < -0.3 is 0 Å². The second-order valence-corrected chi connectivity index (χ2v) is 6.30. The third-order valence-corrected chi connectivity index (χ3v) is 4.55. The highest BCUT2D eigenvalue weighted by atomic mass is 79.9. The highest BCUT2D eigenvalue weighted by molar-refractivity contribution is 9.10. The summed E-state index contributed by atoms with van der Waals surface area (Å²) in [4.78, 5) is 4.82. The van der Waals surface area contributed by atoms with E-state index in [4.69, 9.17) is 4.98 Å². The van der Waals surface area contributed by atoms with Gasteiger partial charge in [0.05, 0.1) is 0 Å². The van der Waals surface area contributed by atoms with Crippen LogP contribution < -0.4 is 0 Å². The number of aromatic nitrogens is 1. The lowest BCUT2D eigenvalue weighted by Crippen LogP contribution is -2.07. The normalized spacial score (nSPS) is 15.6. The van der Waals surface area contributed by atoms with Crippen molar-refractivity contribution < 1.29 is 0 Å². The number of nitrogens with zero attached hydrogens (tertiary/aromatic N) is 1. The minimum atomic E-state index is 0.542. The standard InChI is InChI=1S/C15H22BrN/c1-5-13-12(8-11-6-7-11)15(16)14(9(2)3)10(4)17-13/h9,11H,5-8H2,1-4H3. The van der Waals surface area contributed by atoms with E-state index in [0.29, 0.717) is 5.92 Å². The van der Waals surface area contributed by atoms with Crippen LogP contribution in [-0.2, 0) is 12.8 Å². The maximum Gasteiger partial charge on any atom is 0.0447 e. The fraction of sp³-hybridized carbons (Fsp3) is 0.667. The van der Waals surface area contributed by atoms with E-state index in [9.17, 15) is 0 Å². The lowest BCUT2D eigenvalue weighted by molar-refractivity contribution is 0.770. The van der Waals surface area contributed by atoms with Crippen LogP contribution in [0.4, 0.5) is 0 Å². The predicted molar refractivity (Wildman–Crippen MR) is 76.6 cm³/mol. The number of hydrogen-bond donors (Lipinski definition) is 0. The molecule has 0 saturated heterocycles. The van der Waals surface area contributed by atoms with E-state index in [2.05, 4.69) is 43.6 Å². The first-order valence-corrected chi connectivity index (χ1v) is 7.51. The van der Waals surface area contributed by atoms with Crippen molar-refractivity contribution in [1.29, 1.82) is 0 Å². The fourth-order valence-corrected chi connectivity index (χ4v) is 3.70. The third-order valence-electron chi connectivity index (χ3n) is 3.64. The summed E-state index contributed by atoms with van der Waals surface area (Å²) in [6, 6.07) is 0. The van der Waals surface area contributed by atoms with Crippen molar-refractivity contribution in [2.24, 2.45) is 5.92 Å². The number of pyridine rings is 1. The van der Waals surface area contributed by atoms with Crippen LogP contribution in [0.15, 0.2) is 4.47 Å². The minimum absolute atomic E-state index is 0.542. The molecule has 0 aromatic carbocycles. The smallest absolute Gasteiger partial charge is 0.0447 e. The molecule has 2 heteroatoms. The summed E-state index contributed by atoms with van der Waals surface area (Å²) >= 11 is 3.84. The minimum Gasteiger partial charge on any atom is -0.258 e. The van der Waals surface area contributed by atoms with Crippen molar-refractivity contribution in [1.82, 2.24) is 4.98 Å². The van der Waals surface area contributed by atoms with Gasteiger partial charge in [0.2, 0.25) is 0 Å². The molecule has 0 bridgehead atoms. The zero-order valence-electron chi connectivity index (χ0n) is 11.3. The Bertz CT molecular complexity index is 419. The molecule has 0 aliphatic heterocycles. The van der Waals surface area contributed by atoms with Crippen molar-refractivity contribution in [3.05, 3.63) is 27.0 Å². The molecule has 0 N–H and O–H groups in total. The van der Waals surface area contributed by atoms with E-state index < -0.39 is 0 Å². The summed E-state index contributed by atoms with van der Waals surface area (Å²) in [5, 5.41) is 0. The molecular weight excluding hydrogens is 274 g/mol. The first-order valence-electron chi connectivity index (χ1n) is 6.72. The second kappa shape index (κ2) is 5.09. The number of halogens is 1. The number of aryl methyl sites for hydroxylation is 2. The lowest BCUT2D eigenvalue weighted by Gasteiger charge is -2.18. The molecule has 1 fully saturated rings. The average molecular weight is 296 g/mol. The van der Waals surface area contributed by atoms with Crippen LogP contribution in [0.25, 0.3) is 0 Å². The topological polar surface area (TPSA) is 12.9 Å². The largest absolute Gasteiger partial charge is 0.258 e. The van der Waals surface area contributed by atoms with E-state index in [-0.39, 0.29) is 0 Å². The van der Waals surface area contributed by atoms with Crippen LogP contribution in [0.1, 0.15) is 62.0 Å². The zero-order chi connectivity index (χ0) is 12.6. The van der Waals surface area contributed by atoms with Crippen LogP contribution in [0.2, 0.25) is 0 Å². The van der Waals surface area contributed by atoms with E-state index in [1.807, 2.05) is 0 Å². The van der Waals surface area contributed by atoms with Gasteiger partial charge in [0.1, 0.15) is 0 Å². The van der Waals surface area contributed by atoms with E-state index in [0.717, 1.165) is 12.3 Å². The summed E-state index contributed by atoms with van der Waals surface area (Å²) < 4.78 is 1.34. The van der Waals surface area contributed by atoms with Gasteiger partial charge in [0.15, 0.2) is 0 Å². The monoisotopic (exact) mass is 295 g/mol. The first-order chi connectivity index (χ1) is 8.04. The lowest BCUT2D eigenvalue weighted by atomic mass is 9.95. The van der Waals surface area contributed by atoms with Crippen molar-refractivity contribution in [3.63, 3.8) is 0 Å². The SMILES string of the molecule is CCc1nc(C)c(C(C)C)c(Br)c1CC1CC1. The van der Waals surface area contributed by atoms with Gasteiger partial charge in [-0.25, -0.2) is 0 Å². The predicted octanol–water partition coefficient (Wildman–Crippen LogP) is 4.79. The van der Waals surface area contributed by atoms with Gasteiger partial charge in [-0.3, -0.25) is 4.98 Å². The molecule has 1 aliphatic carbocycles. The molecule has 0 atom stereocenters. The molecule has 1 aliphatic rings. The Morgan fingerprint density at radius 3 is 2.47 bits per heavy atom. The molecule has 0 radical (unpaired) electrons. The van der Waals surface area contributed by atoms with Crippen LogP contribution in [0, 0.1) is 12.8 Å². The summed E-state index contributed by atoms with van der Waals surface area (Å²) in [6.45, 7) is 8.85. The van der Waals surface area contributed by atoms with Crippen LogP contribution in [0.5, 0.6) is 0 Å². The molecular formula is C15H22BrN. The first kappa shape index (κ1) is 13.1. The van der Waals surface area contributed by atoms with Crippen LogP contribution >= 0.6 is 15.9 Å². The summed E-state index contributed by atoms with van der Waals surface area (Å²) in [5.41, 5.74) is 5.37. The molecule has 1 aromatic rings. The molecule has 2 rings (SSSR count). The molecule has 17 heavy (non-hydrogen) atoms. The number of rotatable bonds is 4. The Morgan fingerprint density at radius 1 is 1.35 bits per heavy atom. The van der Waals surface area contributed by atoms with Gasteiger partial charge in [0.25, 0.3) is 0 Å². The van der Waals surface area contributed by atoms with Crippen molar-refractivity contribution in [2.45, 2.75) is 59.3 Å². The van der Waals surface area contributed by atoms with Gasteiger partial charge in [-0.2, -0.15) is 0 Å². The molecule has 1 saturated carbocycles. The molecule has 0 spiro atoms. The number of hydrogen-bond acceptors (Lipinski definition) is 1. The summed E-state index contributed by atoms with van der Waals surface area (Å²) in [5.74, 6) is 1.46. The van der Waals surface area contributed by atoms with Gasteiger partial charge in [-0.1, -0.05) is 36.7 Å². The quantitative estimate of drug-likeness (QED) is 0.778. The summed E-state index contributed by atoms with van der Waals surface area (Å²) in [7, 11) is 0. The van der Waals surface area contributed by atoms with Crippen LogP contribution in [-0.4, -0.2) is 4.98 Å². The van der Waals surface area contributed by atoms with Crippen molar-refractivity contribution >= 4 is 15.9 Å². The molecule has 1 heterocycles. The molecule has 1 aromatic heterocycles. The molecule has 94 valence electrons. The average Bonchev–Trinajstić information content (AvgIpc) is 3.05.